The first kappa shape index (κ1) is 34.6. The van der Waals surface area contributed by atoms with Gasteiger partial charge in [0.25, 0.3) is 0 Å². The number of aryl methyl sites for hydroxylation is 1. The van der Waals surface area contributed by atoms with Gasteiger partial charge in [0.1, 0.15) is 0 Å². The maximum absolute atomic E-state index is 2.59. The smallest absolute Gasteiger partial charge is 0.0197 e. The van der Waals surface area contributed by atoms with Crippen molar-refractivity contribution in [3.63, 3.8) is 0 Å². The molecule has 0 N–H and O–H groups in total. The maximum Gasteiger partial charge on any atom is 0.0197 e. The van der Waals surface area contributed by atoms with Crippen LogP contribution in [-0.2, 0) is 22.7 Å². The molecule has 0 fully saturated rings. The lowest BCUT2D eigenvalue weighted by molar-refractivity contribution is 0.477. The zero-order chi connectivity index (χ0) is 37.4. The van der Waals surface area contributed by atoms with Crippen molar-refractivity contribution in [2.75, 3.05) is 0 Å². The summed E-state index contributed by atoms with van der Waals surface area (Å²) in [6, 6.07) is 53.4. The molecule has 0 saturated carbocycles. The fraction of sp³-hybridized carbons (Fsp3) is 0.259. The number of rotatable bonds is 8. The van der Waals surface area contributed by atoms with Crippen LogP contribution in [0.3, 0.4) is 0 Å². The summed E-state index contributed by atoms with van der Waals surface area (Å²) in [7, 11) is 0. The Labute approximate surface area is 322 Å². The maximum atomic E-state index is 2.59. The summed E-state index contributed by atoms with van der Waals surface area (Å²) in [6.45, 7) is 16.8. The van der Waals surface area contributed by atoms with Crippen molar-refractivity contribution in [1.29, 1.82) is 0 Å². The number of hydrogen-bond donors (Lipinski definition) is 0. The second kappa shape index (κ2) is 12.7. The predicted octanol–water partition coefficient (Wildman–Crippen LogP) is 14.8. The van der Waals surface area contributed by atoms with Gasteiger partial charge in [-0.25, -0.2) is 0 Å². The Hall–Kier alpha value is -5.20. The molecule has 0 unspecified atom stereocenters. The lowest BCUT2D eigenvalue weighted by Gasteiger charge is -2.35. The van der Waals surface area contributed by atoms with E-state index in [9.17, 15) is 0 Å². The molecular formula is C54H52. The average molecular weight is 701 g/mol. The van der Waals surface area contributed by atoms with E-state index in [1.54, 1.807) is 0 Å². The number of benzene rings is 7. The first-order valence-corrected chi connectivity index (χ1v) is 20.3. The Kier molecular flexibility index (Phi) is 8.13. The highest BCUT2D eigenvalue weighted by Crippen LogP contribution is 2.58. The molecule has 2 aliphatic rings. The van der Waals surface area contributed by atoms with Gasteiger partial charge in [0.05, 0.1) is 0 Å². The summed E-state index contributed by atoms with van der Waals surface area (Å²) in [5, 5.41) is 2.82. The molecule has 0 nitrogen and oxygen atoms in total. The molecule has 7 aromatic rings. The molecule has 0 aromatic heterocycles. The molecule has 7 aromatic carbocycles. The SMILES string of the molecule is CCCc1cc2c(c3ccccc13)-c1cc3c(cc1C2(C)C)-c1ccc(C(CC)(CC)c2ccc(-c4ccc(-c5ccccc5)cc4)cc2)cc1C3(C)C. The molecule has 0 saturated heterocycles. The molecule has 54 heavy (non-hydrogen) atoms. The van der Waals surface area contributed by atoms with Crippen molar-refractivity contribution in [3.8, 4) is 44.5 Å². The van der Waals surface area contributed by atoms with Gasteiger partial charge in [-0.05, 0) is 126 Å². The number of fused-ring (bicyclic) bond motifs is 8. The van der Waals surface area contributed by atoms with Crippen LogP contribution in [0.25, 0.3) is 55.3 Å². The Morgan fingerprint density at radius 2 is 0.926 bits per heavy atom. The predicted molar refractivity (Wildman–Crippen MR) is 232 cm³/mol. The van der Waals surface area contributed by atoms with Gasteiger partial charge in [0.15, 0.2) is 0 Å². The quantitative estimate of drug-likeness (QED) is 0.148. The molecule has 2 aliphatic carbocycles. The van der Waals surface area contributed by atoms with Crippen molar-refractivity contribution in [2.45, 2.75) is 90.4 Å². The lowest BCUT2D eigenvalue weighted by Crippen LogP contribution is -2.27. The molecular weight excluding hydrogens is 649 g/mol. The Balaban J connectivity index is 1.10. The topological polar surface area (TPSA) is 0 Å². The molecule has 0 aliphatic heterocycles. The average Bonchev–Trinajstić information content (AvgIpc) is 3.57. The standard InChI is InChI=1S/C54H52/c1-8-16-39-31-50-51(44-20-15-14-19-42(39)44)46-34-48-45(33-49(46)53(50,6)7)43-30-29-41(32-47(43)52(48,4)5)54(9-2,10-3)40-27-25-38(26-28-40)37-23-21-36(22-24-37)35-17-12-11-13-18-35/h11-15,17-34H,8-10,16H2,1-7H3. The van der Waals surface area contributed by atoms with Gasteiger partial charge in [0.2, 0.25) is 0 Å². The summed E-state index contributed by atoms with van der Waals surface area (Å²) < 4.78 is 0. The van der Waals surface area contributed by atoms with Gasteiger partial charge in [-0.1, -0.05) is 182 Å². The second-order valence-corrected chi connectivity index (χ2v) is 17.0. The minimum absolute atomic E-state index is 0.0608. The fourth-order valence-electron chi connectivity index (χ4n) is 10.4. The van der Waals surface area contributed by atoms with Gasteiger partial charge in [0, 0.05) is 16.2 Å². The minimum Gasteiger partial charge on any atom is -0.0651 e. The van der Waals surface area contributed by atoms with Crippen LogP contribution in [-0.4, -0.2) is 0 Å². The molecule has 0 radical (unpaired) electrons. The van der Waals surface area contributed by atoms with E-state index in [4.69, 9.17) is 0 Å². The van der Waals surface area contributed by atoms with Gasteiger partial charge in [-0.3, -0.25) is 0 Å². The van der Waals surface area contributed by atoms with E-state index >= 15 is 0 Å². The van der Waals surface area contributed by atoms with Gasteiger partial charge in [-0.15, -0.1) is 0 Å². The van der Waals surface area contributed by atoms with Crippen molar-refractivity contribution in [1.82, 2.24) is 0 Å². The minimum atomic E-state index is -0.108. The van der Waals surface area contributed by atoms with Crippen molar-refractivity contribution < 1.29 is 0 Å². The molecule has 9 rings (SSSR count). The van der Waals surface area contributed by atoms with Crippen LogP contribution in [0.2, 0.25) is 0 Å². The van der Waals surface area contributed by atoms with E-state index < -0.39 is 0 Å². The highest BCUT2D eigenvalue weighted by atomic mass is 14.5. The number of hydrogen-bond acceptors (Lipinski definition) is 0. The van der Waals surface area contributed by atoms with E-state index in [0.717, 1.165) is 25.7 Å². The Bertz CT molecular complexity index is 2540. The second-order valence-electron chi connectivity index (χ2n) is 17.0. The van der Waals surface area contributed by atoms with E-state index in [1.807, 2.05) is 0 Å². The van der Waals surface area contributed by atoms with Crippen LogP contribution in [0.1, 0.15) is 107 Å². The van der Waals surface area contributed by atoms with Gasteiger partial charge < -0.3 is 0 Å². The van der Waals surface area contributed by atoms with Crippen molar-refractivity contribution >= 4 is 10.8 Å². The summed E-state index contributed by atoms with van der Waals surface area (Å²) in [5.74, 6) is 0. The zero-order valence-corrected chi connectivity index (χ0v) is 33.1. The highest BCUT2D eigenvalue weighted by molar-refractivity contribution is 6.05. The van der Waals surface area contributed by atoms with E-state index in [-0.39, 0.29) is 16.2 Å². The molecule has 268 valence electrons. The highest BCUT2D eigenvalue weighted by Gasteiger charge is 2.43. The van der Waals surface area contributed by atoms with Crippen LogP contribution in [0.5, 0.6) is 0 Å². The van der Waals surface area contributed by atoms with E-state index in [1.165, 1.54) is 94.2 Å². The summed E-state index contributed by atoms with van der Waals surface area (Å²) in [4.78, 5) is 0. The molecule has 0 heterocycles. The van der Waals surface area contributed by atoms with Crippen molar-refractivity contribution in [2.24, 2.45) is 0 Å². The normalized spacial score (nSPS) is 14.8. The van der Waals surface area contributed by atoms with Crippen LogP contribution in [0.15, 0.2) is 140 Å². The molecule has 0 bridgehead atoms. The largest absolute Gasteiger partial charge is 0.0651 e. The Morgan fingerprint density at radius 3 is 1.56 bits per heavy atom. The first-order valence-electron chi connectivity index (χ1n) is 20.3. The Morgan fingerprint density at radius 1 is 0.426 bits per heavy atom. The van der Waals surface area contributed by atoms with Crippen LogP contribution in [0.4, 0.5) is 0 Å². The van der Waals surface area contributed by atoms with Crippen LogP contribution in [0, 0.1) is 0 Å². The molecule has 0 atom stereocenters. The first-order chi connectivity index (χ1) is 26.1. The fourth-order valence-corrected chi connectivity index (χ4v) is 10.4. The van der Waals surface area contributed by atoms with E-state index in [0.29, 0.717) is 0 Å². The zero-order valence-electron chi connectivity index (χ0n) is 33.1. The van der Waals surface area contributed by atoms with Crippen LogP contribution < -0.4 is 0 Å². The summed E-state index contributed by atoms with van der Waals surface area (Å²) in [5.41, 5.74) is 20.7. The van der Waals surface area contributed by atoms with Gasteiger partial charge in [-0.2, -0.15) is 0 Å². The van der Waals surface area contributed by atoms with Gasteiger partial charge >= 0.3 is 0 Å². The molecule has 0 spiro atoms. The van der Waals surface area contributed by atoms with E-state index in [2.05, 4.69) is 188 Å². The summed E-state index contributed by atoms with van der Waals surface area (Å²) >= 11 is 0. The van der Waals surface area contributed by atoms with Crippen LogP contribution >= 0.6 is 0 Å². The monoisotopic (exact) mass is 700 g/mol. The third-order valence-electron chi connectivity index (χ3n) is 13.6. The summed E-state index contributed by atoms with van der Waals surface area (Å²) in [6.07, 6.45) is 4.37. The van der Waals surface area contributed by atoms with Crippen molar-refractivity contribution in [3.05, 3.63) is 178 Å². The molecule has 0 heteroatoms. The molecule has 0 amide bonds. The third-order valence-corrected chi connectivity index (χ3v) is 13.6. The third kappa shape index (κ3) is 5.02. The lowest BCUT2D eigenvalue weighted by atomic mass is 9.69.